The Bertz CT molecular complexity index is 977. The van der Waals surface area contributed by atoms with E-state index < -0.39 is 10.0 Å². The molecular weight excluding hydrogens is 412 g/mol. The summed E-state index contributed by atoms with van der Waals surface area (Å²) in [7, 11) is -3.61. The molecule has 0 spiro atoms. The number of amides is 1. The van der Waals surface area contributed by atoms with Gasteiger partial charge in [-0.25, -0.2) is 8.42 Å². The quantitative estimate of drug-likeness (QED) is 0.589. The molecule has 0 aliphatic carbocycles. The third-order valence-corrected chi connectivity index (χ3v) is 6.07. The highest BCUT2D eigenvalue weighted by Crippen LogP contribution is 2.26. The molecule has 0 aliphatic rings. The third-order valence-electron chi connectivity index (χ3n) is 4.93. The highest BCUT2D eigenvalue weighted by molar-refractivity contribution is 7.92. The molecule has 0 saturated carbocycles. The minimum absolute atomic E-state index is 0.0417. The van der Waals surface area contributed by atoms with Gasteiger partial charge >= 0.3 is 0 Å². The van der Waals surface area contributed by atoms with E-state index in [2.05, 4.69) is 39.9 Å². The molecule has 6 nitrogen and oxygen atoms in total. The van der Waals surface area contributed by atoms with Crippen molar-refractivity contribution in [3.63, 3.8) is 0 Å². The molecule has 7 heteroatoms. The van der Waals surface area contributed by atoms with Crippen molar-refractivity contribution in [2.75, 3.05) is 30.3 Å². The van der Waals surface area contributed by atoms with Gasteiger partial charge in [0.05, 0.1) is 18.5 Å². The molecule has 0 bridgehead atoms. The molecule has 0 heterocycles. The molecule has 1 N–H and O–H groups in total. The summed E-state index contributed by atoms with van der Waals surface area (Å²) in [5.74, 6) is 0.744. The lowest BCUT2D eigenvalue weighted by Crippen LogP contribution is -2.41. The number of nitrogens with one attached hydrogen (secondary N) is 1. The molecule has 0 fully saturated rings. The number of benzene rings is 2. The Balaban J connectivity index is 1.96. The number of carbonyl (C=O) groups is 1. The largest absolute Gasteiger partial charge is 0.491 e. The monoisotopic (exact) mass is 446 g/mol. The van der Waals surface area contributed by atoms with E-state index in [0.29, 0.717) is 18.2 Å². The Morgan fingerprint density at radius 2 is 1.68 bits per heavy atom. The van der Waals surface area contributed by atoms with Gasteiger partial charge in [-0.3, -0.25) is 9.10 Å². The van der Waals surface area contributed by atoms with E-state index in [0.717, 1.165) is 27.4 Å². The lowest BCUT2D eigenvalue weighted by atomic mass is 9.87. The number of hydrogen-bond acceptors (Lipinski definition) is 4. The molecule has 0 atom stereocenters. The van der Waals surface area contributed by atoms with Crippen LogP contribution in [0.25, 0.3) is 0 Å². The normalized spacial score (nSPS) is 12.0. The van der Waals surface area contributed by atoms with Crippen molar-refractivity contribution in [1.82, 2.24) is 5.32 Å². The molecule has 0 radical (unpaired) electrons. The highest BCUT2D eigenvalue weighted by Gasteiger charge is 2.22. The van der Waals surface area contributed by atoms with E-state index in [4.69, 9.17) is 4.74 Å². The van der Waals surface area contributed by atoms with Crippen LogP contribution in [0.1, 0.15) is 51.7 Å². The van der Waals surface area contributed by atoms with Crippen LogP contribution in [0.5, 0.6) is 5.75 Å². The van der Waals surface area contributed by atoms with Crippen molar-refractivity contribution in [2.24, 2.45) is 0 Å². The number of para-hydroxylation sites is 1. The number of carbonyl (C=O) groups excluding carboxylic acids is 1. The zero-order valence-electron chi connectivity index (χ0n) is 19.3. The molecular formula is C24H34N2O4S. The van der Waals surface area contributed by atoms with Crippen LogP contribution in [0.4, 0.5) is 5.69 Å². The van der Waals surface area contributed by atoms with Gasteiger partial charge in [0.2, 0.25) is 15.9 Å². The molecule has 170 valence electrons. The molecule has 1 amide bonds. The van der Waals surface area contributed by atoms with Crippen LogP contribution in [-0.4, -0.2) is 40.3 Å². The first kappa shape index (κ1) is 24.7. The summed E-state index contributed by atoms with van der Waals surface area (Å²) in [5.41, 5.74) is 2.62. The van der Waals surface area contributed by atoms with E-state index in [9.17, 15) is 13.2 Å². The molecule has 0 aliphatic heterocycles. The number of sulfonamides is 1. The maximum atomic E-state index is 12.4. The smallest absolute Gasteiger partial charge is 0.240 e. The van der Waals surface area contributed by atoms with Gasteiger partial charge in [0, 0.05) is 0 Å². The van der Waals surface area contributed by atoms with Gasteiger partial charge in [0.15, 0.2) is 0 Å². The van der Waals surface area contributed by atoms with E-state index in [-0.39, 0.29) is 24.4 Å². The van der Waals surface area contributed by atoms with Gasteiger partial charge in [0.25, 0.3) is 0 Å². The summed E-state index contributed by atoms with van der Waals surface area (Å²) < 4.78 is 31.5. The Labute approximate surface area is 186 Å². The summed E-state index contributed by atoms with van der Waals surface area (Å²) in [6.45, 7) is 10.8. The molecule has 2 rings (SSSR count). The predicted molar refractivity (Wildman–Crippen MR) is 126 cm³/mol. The number of nitrogens with zero attached hydrogens (tertiary/aromatic N) is 1. The van der Waals surface area contributed by atoms with Crippen LogP contribution in [0.15, 0.2) is 48.5 Å². The summed E-state index contributed by atoms with van der Waals surface area (Å²) in [4.78, 5) is 12.4. The second-order valence-electron chi connectivity index (χ2n) is 8.96. The maximum Gasteiger partial charge on any atom is 0.240 e. The van der Waals surface area contributed by atoms with Gasteiger partial charge in [-0.05, 0) is 40.7 Å². The zero-order valence-corrected chi connectivity index (χ0v) is 20.1. The standard InChI is InChI=1S/C24H34N2O4S/c1-18(2)21-9-7-8-10-22(21)30-16-15-25-23(27)17-26(31(6,28)29)20-13-11-19(12-14-20)24(3,4)5/h7-14,18H,15-17H2,1-6H3,(H,25,27). The molecule has 0 aromatic heterocycles. The first-order chi connectivity index (χ1) is 14.4. The Morgan fingerprint density at radius 1 is 1.06 bits per heavy atom. The van der Waals surface area contributed by atoms with Crippen LogP contribution >= 0.6 is 0 Å². The summed E-state index contributed by atoms with van der Waals surface area (Å²) in [6.07, 6.45) is 1.10. The van der Waals surface area contributed by atoms with Gasteiger partial charge < -0.3 is 10.1 Å². The van der Waals surface area contributed by atoms with Crippen molar-refractivity contribution in [2.45, 2.75) is 46.0 Å². The van der Waals surface area contributed by atoms with E-state index in [1.165, 1.54) is 0 Å². The van der Waals surface area contributed by atoms with Gasteiger partial charge in [-0.1, -0.05) is 65.0 Å². The minimum Gasteiger partial charge on any atom is -0.491 e. The number of ether oxygens (including phenoxy) is 1. The van der Waals surface area contributed by atoms with Crippen LogP contribution in [-0.2, 0) is 20.2 Å². The van der Waals surface area contributed by atoms with E-state index in [1.54, 1.807) is 12.1 Å². The molecule has 0 saturated heterocycles. The first-order valence-electron chi connectivity index (χ1n) is 10.5. The summed E-state index contributed by atoms with van der Waals surface area (Å²) in [5, 5.41) is 2.74. The second-order valence-corrected chi connectivity index (χ2v) is 10.9. The average molecular weight is 447 g/mol. The Hall–Kier alpha value is -2.54. The van der Waals surface area contributed by atoms with Crippen molar-refractivity contribution < 1.29 is 17.9 Å². The van der Waals surface area contributed by atoms with Gasteiger partial charge in [-0.15, -0.1) is 0 Å². The fraction of sp³-hybridized carbons (Fsp3) is 0.458. The van der Waals surface area contributed by atoms with Crippen LogP contribution in [0.2, 0.25) is 0 Å². The fourth-order valence-electron chi connectivity index (χ4n) is 3.15. The average Bonchev–Trinajstić information content (AvgIpc) is 2.68. The lowest BCUT2D eigenvalue weighted by molar-refractivity contribution is -0.119. The Morgan fingerprint density at radius 3 is 2.23 bits per heavy atom. The third kappa shape index (κ3) is 7.28. The topological polar surface area (TPSA) is 75.7 Å². The van der Waals surface area contributed by atoms with Crippen LogP contribution < -0.4 is 14.4 Å². The van der Waals surface area contributed by atoms with Crippen LogP contribution in [0.3, 0.4) is 0 Å². The number of hydrogen-bond donors (Lipinski definition) is 1. The fourth-order valence-corrected chi connectivity index (χ4v) is 4.01. The lowest BCUT2D eigenvalue weighted by Gasteiger charge is -2.24. The molecule has 2 aromatic carbocycles. The van der Waals surface area contributed by atoms with Crippen molar-refractivity contribution >= 4 is 21.6 Å². The second kappa shape index (κ2) is 10.2. The van der Waals surface area contributed by atoms with Crippen molar-refractivity contribution in [3.8, 4) is 5.75 Å². The van der Waals surface area contributed by atoms with Crippen LogP contribution in [0, 0.1) is 0 Å². The Kier molecular flexibility index (Phi) is 8.12. The number of anilines is 1. The minimum atomic E-state index is -3.61. The summed E-state index contributed by atoms with van der Waals surface area (Å²) in [6, 6.07) is 15.1. The van der Waals surface area contributed by atoms with E-state index in [1.807, 2.05) is 36.4 Å². The molecule has 31 heavy (non-hydrogen) atoms. The first-order valence-corrected chi connectivity index (χ1v) is 12.3. The van der Waals surface area contributed by atoms with E-state index >= 15 is 0 Å². The highest BCUT2D eigenvalue weighted by atomic mass is 32.2. The SMILES string of the molecule is CC(C)c1ccccc1OCCNC(=O)CN(c1ccc(C(C)(C)C)cc1)S(C)(=O)=O. The molecule has 2 aromatic rings. The summed E-state index contributed by atoms with van der Waals surface area (Å²) >= 11 is 0. The van der Waals surface area contributed by atoms with Gasteiger partial charge in [0.1, 0.15) is 18.9 Å². The predicted octanol–water partition coefficient (Wildman–Crippen LogP) is 4.07. The van der Waals surface area contributed by atoms with Gasteiger partial charge in [-0.2, -0.15) is 0 Å². The molecule has 0 unspecified atom stereocenters. The van der Waals surface area contributed by atoms with Crippen molar-refractivity contribution in [3.05, 3.63) is 59.7 Å². The maximum absolute atomic E-state index is 12.4. The van der Waals surface area contributed by atoms with Crippen molar-refractivity contribution in [1.29, 1.82) is 0 Å². The zero-order chi connectivity index (χ0) is 23.2. The number of rotatable bonds is 9.